The molecule has 1 aromatic carbocycles. The molecule has 21 heavy (non-hydrogen) atoms. The third kappa shape index (κ3) is 3.95. The summed E-state index contributed by atoms with van der Waals surface area (Å²) in [5.74, 6) is 0.723. The lowest BCUT2D eigenvalue weighted by atomic mass is 9.97. The topological polar surface area (TPSA) is 64.8 Å². The van der Waals surface area contributed by atoms with E-state index in [1.807, 2.05) is 6.07 Å². The fourth-order valence-corrected chi connectivity index (χ4v) is 2.91. The van der Waals surface area contributed by atoms with Gasteiger partial charge in [0.1, 0.15) is 5.75 Å². The highest BCUT2D eigenvalue weighted by atomic mass is 16.5. The van der Waals surface area contributed by atoms with Crippen LogP contribution in [0, 0.1) is 5.92 Å². The Balaban J connectivity index is 2.02. The Morgan fingerprint density at radius 2 is 2.24 bits per heavy atom. The van der Waals surface area contributed by atoms with E-state index < -0.39 is 0 Å². The van der Waals surface area contributed by atoms with E-state index in [2.05, 4.69) is 17.0 Å². The van der Waals surface area contributed by atoms with Crippen LogP contribution in [0.1, 0.15) is 24.0 Å². The van der Waals surface area contributed by atoms with E-state index in [9.17, 15) is 4.79 Å². The molecule has 116 valence electrons. The highest BCUT2D eigenvalue weighted by molar-refractivity contribution is 5.72. The number of methoxy groups -OCH3 is 2. The van der Waals surface area contributed by atoms with E-state index in [0.29, 0.717) is 6.54 Å². The number of benzene rings is 1. The van der Waals surface area contributed by atoms with Crippen molar-refractivity contribution >= 4 is 5.97 Å². The monoisotopic (exact) mass is 292 g/mol. The quantitative estimate of drug-likeness (QED) is 0.834. The fourth-order valence-electron chi connectivity index (χ4n) is 2.91. The Morgan fingerprint density at radius 3 is 2.90 bits per heavy atom. The Hall–Kier alpha value is -1.59. The number of carbonyl (C=O) groups excluding carboxylic acids is 1. The number of nitrogens with two attached hydrogens (primary N) is 1. The summed E-state index contributed by atoms with van der Waals surface area (Å²) in [7, 11) is 3.11. The molecule has 1 atom stereocenters. The van der Waals surface area contributed by atoms with Crippen LogP contribution in [-0.2, 0) is 22.6 Å². The molecule has 0 amide bonds. The number of rotatable bonds is 5. The summed E-state index contributed by atoms with van der Waals surface area (Å²) in [4.78, 5) is 14.0. The number of carbonyl (C=O) groups is 1. The number of esters is 1. The number of ether oxygens (including phenoxy) is 2. The molecule has 1 fully saturated rings. The number of hydrogen-bond donors (Lipinski definition) is 1. The van der Waals surface area contributed by atoms with Gasteiger partial charge in [0.15, 0.2) is 0 Å². The average molecular weight is 292 g/mol. The van der Waals surface area contributed by atoms with Gasteiger partial charge in [-0.2, -0.15) is 0 Å². The third-order valence-electron chi connectivity index (χ3n) is 4.01. The van der Waals surface area contributed by atoms with Crippen molar-refractivity contribution in [3.05, 3.63) is 29.3 Å². The molecule has 5 nitrogen and oxygen atoms in total. The van der Waals surface area contributed by atoms with Crippen LogP contribution in [0.3, 0.4) is 0 Å². The second-order valence-corrected chi connectivity index (χ2v) is 5.45. The summed E-state index contributed by atoms with van der Waals surface area (Å²) in [6.07, 6.45) is 1.94. The SMILES string of the molecule is COC(=O)C1CCCN(Cc2ccc(OC)c(CN)c2)C1. The number of nitrogens with zero attached hydrogens (tertiary/aromatic N) is 1. The normalized spacial score (nSPS) is 19.3. The predicted molar refractivity (Wildman–Crippen MR) is 80.9 cm³/mol. The lowest BCUT2D eigenvalue weighted by Gasteiger charge is -2.31. The van der Waals surface area contributed by atoms with Crippen molar-refractivity contribution < 1.29 is 14.3 Å². The van der Waals surface area contributed by atoms with Gasteiger partial charge in [-0.1, -0.05) is 6.07 Å². The molecule has 1 aliphatic heterocycles. The Bertz CT molecular complexity index is 490. The van der Waals surface area contributed by atoms with E-state index in [1.165, 1.54) is 12.7 Å². The number of likely N-dealkylation sites (tertiary alicyclic amines) is 1. The molecule has 1 heterocycles. The predicted octanol–water partition coefficient (Wildman–Crippen LogP) is 1.54. The summed E-state index contributed by atoms with van der Waals surface area (Å²) in [5, 5.41) is 0. The maximum Gasteiger partial charge on any atom is 0.309 e. The van der Waals surface area contributed by atoms with E-state index >= 15 is 0 Å². The van der Waals surface area contributed by atoms with E-state index in [4.69, 9.17) is 15.2 Å². The zero-order valence-corrected chi connectivity index (χ0v) is 12.8. The van der Waals surface area contributed by atoms with Gasteiger partial charge in [-0.05, 0) is 37.1 Å². The van der Waals surface area contributed by atoms with E-state index in [-0.39, 0.29) is 11.9 Å². The largest absolute Gasteiger partial charge is 0.496 e. The molecule has 2 rings (SSSR count). The minimum atomic E-state index is -0.0999. The van der Waals surface area contributed by atoms with Crippen LogP contribution in [0.2, 0.25) is 0 Å². The van der Waals surface area contributed by atoms with Gasteiger partial charge in [-0.3, -0.25) is 9.69 Å². The van der Waals surface area contributed by atoms with Crippen LogP contribution in [0.5, 0.6) is 5.75 Å². The van der Waals surface area contributed by atoms with Gasteiger partial charge < -0.3 is 15.2 Å². The summed E-state index contributed by atoms with van der Waals surface area (Å²) < 4.78 is 10.1. The first kappa shape index (κ1) is 15.8. The van der Waals surface area contributed by atoms with Crippen molar-refractivity contribution in [2.45, 2.75) is 25.9 Å². The zero-order valence-electron chi connectivity index (χ0n) is 12.8. The molecular formula is C16H24N2O3. The first-order valence-corrected chi connectivity index (χ1v) is 7.34. The Kier molecular flexibility index (Phi) is 5.59. The van der Waals surface area contributed by atoms with Gasteiger partial charge in [-0.25, -0.2) is 0 Å². The second-order valence-electron chi connectivity index (χ2n) is 5.45. The molecule has 0 aliphatic carbocycles. The minimum Gasteiger partial charge on any atom is -0.496 e. The van der Waals surface area contributed by atoms with Crippen LogP contribution in [0.4, 0.5) is 0 Å². The zero-order chi connectivity index (χ0) is 15.2. The smallest absolute Gasteiger partial charge is 0.309 e. The molecule has 0 bridgehead atoms. The van der Waals surface area contributed by atoms with Crippen molar-refractivity contribution in [2.24, 2.45) is 11.7 Å². The van der Waals surface area contributed by atoms with Gasteiger partial charge in [-0.15, -0.1) is 0 Å². The summed E-state index contributed by atoms with van der Waals surface area (Å²) in [6.45, 7) is 3.06. The number of piperidine rings is 1. The van der Waals surface area contributed by atoms with Crippen molar-refractivity contribution in [3.8, 4) is 5.75 Å². The van der Waals surface area contributed by atoms with Gasteiger partial charge in [0, 0.05) is 25.2 Å². The van der Waals surface area contributed by atoms with Gasteiger partial charge in [0.2, 0.25) is 0 Å². The van der Waals surface area contributed by atoms with Crippen LogP contribution < -0.4 is 10.5 Å². The standard InChI is InChI=1S/C16H24N2O3/c1-20-15-6-5-12(8-14(15)9-17)10-18-7-3-4-13(11-18)16(19)21-2/h5-6,8,13H,3-4,7,9-11,17H2,1-2H3. The second kappa shape index (κ2) is 7.43. The maximum absolute atomic E-state index is 11.7. The molecule has 1 aromatic rings. The molecule has 0 saturated carbocycles. The van der Waals surface area contributed by atoms with Crippen molar-refractivity contribution in [2.75, 3.05) is 27.3 Å². The van der Waals surface area contributed by atoms with Gasteiger partial charge >= 0.3 is 5.97 Å². The third-order valence-corrected chi connectivity index (χ3v) is 4.01. The molecule has 2 N–H and O–H groups in total. The summed E-state index contributed by atoms with van der Waals surface area (Å²) in [5.41, 5.74) is 7.96. The highest BCUT2D eigenvalue weighted by Gasteiger charge is 2.26. The van der Waals surface area contributed by atoms with Crippen molar-refractivity contribution in [1.29, 1.82) is 0 Å². The summed E-state index contributed by atoms with van der Waals surface area (Å²) in [6, 6.07) is 6.10. The van der Waals surface area contributed by atoms with Crippen LogP contribution >= 0.6 is 0 Å². The molecule has 1 saturated heterocycles. The number of hydrogen-bond acceptors (Lipinski definition) is 5. The molecule has 1 aliphatic rings. The van der Waals surface area contributed by atoms with Crippen molar-refractivity contribution in [3.63, 3.8) is 0 Å². The van der Waals surface area contributed by atoms with Crippen molar-refractivity contribution in [1.82, 2.24) is 4.90 Å². The van der Waals surface area contributed by atoms with Gasteiger partial charge in [0.25, 0.3) is 0 Å². The minimum absolute atomic E-state index is 0.00372. The molecule has 5 heteroatoms. The first-order valence-electron chi connectivity index (χ1n) is 7.34. The van der Waals surface area contributed by atoms with E-state index in [0.717, 1.165) is 43.8 Å². The molecule has 0 radical (unpaired) electrons. The van der Waals surface area contributed by atoms with Gasteiger partial charge in [0.05, 0.1) is 20.1 Å². The van der Waals surface area contributed by atoms with Crippen LogP contribution in [-0.4, -0.2) is 38.2 Å². The van der Waals surface area contributed by atoms with Crippen LogP contribution in [0.25, 0.3) is 0 Å². The van der Waals surface area contributed by atoms with Crippen LogP contribution in [0.15, 0.2) is 18.2 Å². The highest BCUT2D eigenvalue weighted by Crippen LogP contribution is 2.23. The Labute approximate surface area is 126 Å². The van der Waals surface area contributed by atoms with E-state index in [1.54, 1.807) is 7.11 Å². The fraction of sp³-hybridized carbons (Fsp3) is 0.562. The summed E-state index contributed by atoms with van der Waals surface area (Å²) >= 11 is 0. The Morgan fingerprint density at radius 1 is 1.43 bits per heavy atom. The first-order chi connectivity index (χ1) is 10.2. The maximum atomic E-state index is 11.7. The lowest BCUT2D eigenvalue weighted by molar-refractivity contribution is -0.147. The molecule has 1 unspecified atom stereocenters. The lowest BCUT2D eigenvalue weighted by Crippen LogP contribution is -2.38. The molecule has 0 spiro atoms. The molecule has 0 aromatic heterocycles. The average Bonchev–Trinajstić information content (AvgIpc) is 2.54. The molecular weight excluding hydrogens is 268 g/mol.